The zero-order chi connectivity index (χ0) is 24.7. The molecule has 8 nitrogen and oxygen atoms in total. The van der Waals surface area contributed by atoms with Crippen LogP contribution in [0, 0.1) is 12.7 Å². The lowest BCUT2D eigenvalue weighted by atomic mass is 10.1. The fraction of sp³-hybridized carbons (Fsp3) is 0.385. The number of carbonyl (C=O) groups excluding carboxylic acids is 2. The maximum absolute atomic E-state index is 13.3. The molecule has 0 bridgehead atoms. The zero-order valence-corrected chi connectivity index (χ0v) is 20.3. The second kappa shape index (κ2) is 9.22. The van der Waals surface area contributed by atoms with Crippen LogP contribution in [-0.4, -0.2) is 95.7 Å². The van der Waals surface area contributed by atoms with Crippen molar-refractivity contribution in [1.29, 1.82) is 0 Å². The summed E-state index contributed by atoms with van der Waals surface area (Å²) in [5.41, 5.74) is 3.28. The molecule has 0 aromatic heterocycles. The summed E-state index contributed by atoms with van der Waals surface area (Å²) in [7, 11) is 3.20. The van der Waals surface area contributed by atoms with Crippen molar-refractivity contribution in [1.82, 2.24) is 14.7 Å². The van der Waals surface area contributed by atoms with Crippen molar-refractivity contribution in [2.75, 3.05) is 51.7 Å². The summed E-state index contributed by atoms with van der Waals surface area (Å²) in [6.45, 7) is 6.45. The number of rotatable bonds is 5. The van der Waals surface area contributed by atoms with Gasteiger partial charge in [0.25, 0.3) is 17.8 Å². The van der Waals surface area contributed by atoms with E-state index in [1.165, 1.54) is 29.0 Å². The standard InChI is InChI=1S/C26H30FN6O2/c1-18-6-4-5-7-19(18)16-33-22(28-24-23(33)25(34)30(3)26(35)29(24)2)17-31-12-14-32(15-13-31)21-10-8-20(27)9-11-21/h4-11,23H,12-17H2,1-3H3/q+1. The number of benzene rings is 2. The Labute approximate surface area is 204 Å². The van der Waals surface area contributed by atoms with Crippen LogP contribution in [0.3, 0.4) is 0 Å². The SMILES string of the molecule is Cc1ccccc1C[N+]1=C(CN2CCN(c3ccc(F)cc3)CC2)N=C2C1C(=O)N(C)C(=O)N2C. The highest BCUT2D eigenvalue weighted by Gasteiger charge is 2.53. The number of anilines is 1. The molecule has 1 unspecified atom stereocenters. The molecular weight excluding hydrogens is 447 g/mol. The average Bonchev–Trinajstić information content (AvgIpc) is 3.21. The largest absolute Gasteiger partial charge is 0.369 e. The molecule has 2 aromatic rings. The quantitative estimate of drug-likeness (QED) is 0.620. The molecule has 0 aliphatic carbocycles. The first-order valence-electron chi connectivity index (χ1n) is 11.9. The number of piperazine rings is 1. The number of amidine groups is 2. The summed E-state index contributed by atoms with van der Waals surface area (Å²) < 4.78 is 15.3. The number of halogens is 1. The molecule has 0 spiro atoms. The van der Waals surface area contributed by atoms with Crippen LogP contribution in [0.4, 0.5) is 14.9 Å². The van der Waals surface area contributed by atoms with Gasteiger partial charge >= 0.3 is 11.9 Å². The zero-order valence-electron chi connectivity index (χ0n) is 20.3. The number of aliphatic imine (C=N–C) groups is 1. The van der Waals surface area contributed by atoms with Crippen LogP contribution >= 0.6 is 0 Å². The number of aryl methyl sites for hydroxylation is 1. The maximum atomic E-state index is 13.3. The number of likely N-dealkylation sites (N-methyl/N-ethyl adjacent to an activating group) is 2. The molecule has 3 amide bonds. The van der Waals surface area contributed by atoms with Crippen LogP contribution in [0.5, 0.6) is 0 Å². The summed E-state index contributed by atoms with van der Waals surface area (Å²) in [5, 5.41) is 0. The summed E-state index contributed by atoms with van der Waals surface area (Å²) in [6.07, 6.45) is 0. The molecule has 2 aromatic carbocycles. The molecule has 3 aliphatic heterocycles. The molecule has 2 saturated heterocycles. The van der Waals surface area contributed by atoms with E-state index in [-0.39, 0.29) is 17.8 Å². The lowest BCUT2D eigenvalue weighted by molar-refractivity contribution is -0.552. The summed E-state index contributed by atoms with van der Waals surface area (Å²) in [5.74, 6) is 0.804. The van der Waals surface area contributed by atoms with E-state index in [0.29, 0.717) is 18.9 Å². The monoisotopic (exact) mass is 477 g/mol. The van der Waals surface area contributed by atoms with Gasteiger partial charge in [-0.25, -0.2) is 13.8 Å². The highest BCUT2D eigenvalue weighted by Crippen LogP contribution is 2.23. The van der Waals surface area contributed by atoms with Crippen LogP contribution < -0.4 is 4.90 Å². The minimum atomic E-state index is -0.613. The van der Waals surface area contributed by atoms with Crippen molar-refractivity contribution >= 4 is 29.3 Å². The topological polar surface area (TPSA) is 62.5 Å². The highest BCUT2D eigenvalue weighted by atomic mass is 19.1. The fourth-order valence-electron chi connectivity index (χ4n) is 4.94. The first-order chi connectivity index (χ1) is 16.8. The average molecular weight is 478 g/mol. The minimum Gasteiger partial charge on any atom is -0.369 e. The summed E-state index contributed by atoms with van der Waals surface area (Å²) in [6, 6.07) is 13.8. The van der Waals surface area contributed by atoms with Gasteiger partial charge in [0.2, 0.25) is 0 Å². The Morgan fingerprint density at radius 2 is 1.66 bits per heavy atom. The van der Waals surface area contributed by atoms with Gasteiger partial charge < -0.3 is 4.90 Å². The number of hydrogen-bond acceptors (Lipinski definition) is 5. The number of hydrogen-bond donors (Lipinski definition) is 0. The number of imide groups is 1. The van der Waals surface area contributed by atoms with Crippen molar-refractivity contribution in [2.24, 2.45) is 4.99 Å². The molecule has 9 heteroatoms. The van der Waals surface area contributed by atoms with Crippen LogP contribution in [-0.2, 0) is 11.3 Å². The van der Waals surface area contributed by atoms with Crippen LogP contribution in [0.25, 0.3) is 0 Å². The maximum Gasteiger partial charge on any atom is 0.333 e. The molecular formula is C26H30FN6O2+. The number of carbonyl (C=O) groups is 2. The van der Waals surface area contributed by atoms with Gasteiger partial charge in [-0.3, -0.25) is 19.5 Å². The first-order valence-corrected chi connectivity index (χ1v) is 11.9. The van der Waals surface area contributed by atoms with E-state index in [4.69, 9.17) is 4.99 Å². The lowest BCUT2D eigenvalue weighted by Gasteiger charge is -2.35. The van der Waals surface area contributed by atoms with Crippen molar-refractivity contribution in [3.63, 3.8) is 0 Å². The highest BCUT2D eigenvalue weighted by molar-refractivity contribution is 6.23. The van der Waals surface area contributed by atoms with Gasteiger partial charge in [-0.15, -0.1) is 0 Å². The third kappa shape index (κ3) is 4.32. The summed E-state index contributed by atoms with van der Waals surface area (Å²) in [4.78, 5) is 37.8. The third-order valence-corrected chi connectivity index (χ3v) is 7.14. The number of amides is 3. The third-order valence-electron chi connectivity index (χ3n) is 7.14. The van der Waals surface area contributed by atoms with Gasteiger partial charge in [-0.1, -0.05) is 24.3 Å². The van der Waals surface area contributed by atoms with Crippen molar-refractivity contribution < 1.29 is 18.6 Å². The fourth-order valence-corrected chi connectivity index (χ4v) is 4.94. The molecule has 182 valence electrons. The van der Waals surface area contributed by atoms with Gasteiger partial charge in [-0.05, 0) is 47.3 Å². The molecule has 3 heterocycles. The molecule has 2 fully saturated rings. The van der Waals surface area contributed by atoms with E-state index >= 15 is 0 Å². The van der Waals surface area contributed by atoms with Crippen molar-refractivity contribution in [3.8, 4) is 0 Å². The van der Waals surface area contributed by atoms with E-state index in [1.807, 2.05) is 28.8 Å². The number of nitrogens with zero attached hydrogens (tertiary/aromatic N) is 6. The molecule has 0 saturated carbocycles. The second-order valence-electron chi connectivity index (χ2n) is 9.32. The van der Waals surface area contributed by atoms with Crippen molar-refractivity contribution in [2.45, 2.75) is 19.5 Å². The normalized spacial score (nSPS) is 21.1. The Balaban J connectivity index is 1.39. The Bertz CT molecular complexity index is 1220. The van der Waals surface area contributed by atoms with Gasteiger partial charge in [-0.2, -0.15) is 0 Å². The second-order valence-corrected chi connectivity index (χ2v) is 9.32. The molecule has 35 heavy (non-hydrogen) atoms. The number of urea groups is 1. The molecule has 1 atom stereocenters. The number of fused-ring (bicyclic) bond motifs is 1. The van der Waals surface area contributed by atoms with E-state index in [1.54, 1.807) is 7.05 Å². The van der Waals surface area contributed by atoms with E-state index in [0.717, 1.165) is 48.8 Å². The first kappa shape index (κ1) is 23.2. The van der Waals surface area contributed by atoms with E-state index < -0.39 is 6.04 Å². The summed E-state index contributed by atoms with van der Waals surface area (Å²) >= 11 is 0. The molecule has 3 aliphatic rings. The molecule has 0 radical (unpaired) electrons. The van der Waals surface area contributed by atoms with E-state index in [9.17, 15) is 14.0 Å². The van der Waals surface area contributed by atoms with Crippen LogP contribution in [0.1, 0.15) is 11.1 Å². The predicted octanol–water partition coefficient (Wildman–Crippen LogP) is 2.17. The molecule has 0 N–H and O–H groups in total. The molecule has 5 rings (SSSR count). The van der Waals surface area contributed by atoms with Gasteiger partial charge in [0, 0.05) is 46.0 Å². The van der Waals surface area contributed by atoms with Crippen LogP contribution in [0.15, 0.2) is 53.5 Å². The van der Waals surface area contributed by atoms with Gasteiger partial charge in [0.15, 0.2) is 0 Å². The Hall–Kier alpha value is -3.59. The predicted molar refractivity (Wildman–Crippen MR) is 132 cm³/mol. The van der Waals surface area contributed by atoms with Gasteiger partial charge in [0.1, 0.15) is 18.9 Å². The van der Waals surface area contributed by atoms with Crippen molar-refractivity contribution in [3.05, 3.63) is 65.5 Å². The Kier molecular flexibility index (Phi) is 6.10. The van der Waals surface area contributed by atoms with E-state index in [2.05, 4.69) is 28.9 Å². The smallest absolute Gasteiger partial charge is 0.333 e. The minimum absolute atomic E-state index is 0.233. The Morgan fingerprint density at radius 1 is 0.971 bits per heavy atom. The lowest BCUT2D eigenvalue weighted by Crippen LogP contribution is -2.61. The van der Waals surface area contributed by atoms with Crippen LogP contribution in [0.2, 0.25) is 0 Å². The Morgan fingerprint density at radius 3 is 2.34 bits per heavy atom. The van der Waals surface area contributed by atoms with Gasteiger partial charge in [0.05, 0.1) is 0 Å².